The van der Waals surface area contributed by atoms with Gasteiger partial charge >= 0.3 is 0 Å². The third-order valence-electron chi connectivity index (χ3n) is 9.62. The summed E-state index contributed by atoms with van der Waals surface area (Å²) in [5.74, 6) is 1.03. The highest BCUT2D eigenvalue weighted by molar-refractivity contribution is 6.21. The maximum Gasteiger partial charge on any atom is 0.114 e. The molecule has 49 heavy (non-hydrogen) atoms. The molecule has 9 rings (SSSR count). The fourth-order valence-electron chi connectivity index (χ4n) is 7.30. The van der Waals surface area contributed by atoms with Gasteiger partial charge in [0.15, 0.2) is 0 Å². The molecule has 0 aliphatic rings. The molecule has 0 bridgehead atoms. The molecule has 0 amide bonds. The van der Waals surface area contributed by atoms with Gasteiger partial charge in [-0.2, -0.15) is 0 Å². The van der Waals surface area contributed by atoms with E-state index >= 15 is 0 Å². The van der Waals surface area contributed by atoms with Crippen LogP contribution in [0, 0.1) is 0 Å². The van der Waals surface area contributed by atoms with Gasteiger partial charge in [-0.15, -0.1) is 0 Å². The summed E-state index contributed by atoms with van der Waals surface area (Å²) in [5, 5.41) is 4.79. The Labute approximate surface area is 285 Å². The zero-order valence-electron chi connectivity index (χ0n) is 27.2. The molecule has 0 N–H and O–H groups in total. The number of aromatic nitrogens is 3. The van der Waals surface area contributed by atoms with Crippen molar-refractivity contribution in [1.29, 1.82) is 0 Å². The highest BCUT2D eigenvalue weighted by Gasteiger charge is 2.19. The maximum absolute atomic E-state index is 5.17. The van der Waals surface area contributed by atoms with E-state index in [0.717, 1.165) is 40.2 Å². The van der Waals surface area contributed by atoms with E-state index in [1.807, 2.05) is 12.3 Å². The van der Waals surface area contributed by atoms with Gasteiger partial charge in [-0.3, -0.25) is 9.55 Å². The molecular weight excluding hydrogens is 595 g/mol. The Kier molecular flexibility index (Phi) is 7.09. The fourth-order valence-corrected chi connectivity index (χ4v) is 7.30. The molecule has 0 radical (unpaired) electrons. The highest BCUT2D eigenvalue weighted by atomic mass is 15.1. The molecule has 0 aliphatic heterocycles. The Hall–Kier alpha value is -6.32. The number of rotatable bonds is 6. The monoisotopic (exact) mass is 627 g/mol. The standard InChI is InChI=1S/C46H33N3/c1-2-44-48-41-19-11-12-20-43(41)49(44)36-26-28-42(47-30-36)46-38-18-10-9-17-37(38)45(34-23-21-33(22-24-34)31-13-5-3-6-14-31)40-29-35(25-27-39(40)46)32-15-7-4-8-16-32/h3-30H,2H2,1H3. The second kappa shape index (κ2) is 12.0. The van der Waals surface area contributed by atoms with Crippen molar-refractivity contribution in [2.75, 3.05) is 0 Å². The third kappa shape index (κ3) is 4.99. The van der Waals surface area contributed by atoms with Crippen LogP contribution in [0.4, 0.5) is 0 Å². The summed E-state index contributed by atoms with van der Waals surface area (Å²) in [7, 11) is 0. The van der Waals surface area contributed by atoms with E-state index in [1.54, 1.807) is 0 Å². The first-order chi connectivity index (χ1) is 24.3. The van der Waals surface area contributed by atoms with Gasteiger partial charge < -0.3 is 0 Å². The summed E-state index contributed by atoms with van der Waals surface area (Å²) >= 11 is 0. The van der Waals surface area contributed by atoms with Crippen LogP contribution in [-0.4, -0.2) is 14.5 Å². The molecule has 9 aromatic rings. The summed E-state index contributed by atoms with van der Waals surface area (Å²) in [5.41, 5.74) is 12.5. The van der Waals surface area contributed by atoms with E-state index in [-0.39, 0.29) is 0 Å². The van der Waals surface area contributed by atoms with E-state index < -0.39 is 0 Å². The number of hydrogen-bond acceptors (Lipinski definition) is 2. The summed E-state index contributed by atoms with van der Waals surface area (Å²) in [6.45, 7) is 2.15. The third-order valence-corrected chi connectivity index (χ3v) is 9.62. The minimum Gasteiger partial charge on any atom is -0.295 e. The zero-order chi connectivity index (χ0) is 32.7. The molecule has 232 valence electrons. The lowest BCUT2D eigenvalue weighted by atomic mass is 9.85. The molecule has 0 saturated carbocycles. The van der Waals surface area contributed by atoms with Gasteiger partial charge in [-0.1, -0.05) is 140 Å². The number of benzene rings is 7. The Morgan fingerprint density at radius 2 is 1.04 bits per heavy atom. The molecule has 3 heteroatoms. The molecule has 2 aromatic heterocycles. The van der Waals surface area contributed by atoms with Crippen molar-refractivity contribution in [1.82, 2.24) is 14.5 Å². The summed E-state index contributed by atoms with van der Waals surface area (Å²) in [6.07, 6.45) is 2.83. The molecule has 0 atom stereocenters. The van der Waals surface area contributed by atoms with E-state index in [1.165, 1.54) is 54.9 Å². The van der Waals surface area contributed by atoms with E-state index in [0.29, 0.717) is 0 Å². The van der Waals surface area contributed by atoms with Crippen LogP contribution in [-0.2, 0) is 6.42 Å². The predicted molar refractivity (Wildman–Crippen MR) is 205 cm³/mol. The zero-order valence-corrected chi connectivity index (χ0v) is 27.2. The van der Waals surface area contributed by atoms with E-state index in [4.69, 9.17) is 9.97 Å². The first kappa shape index (κ1) is 28.9. The summed E-state index contributed by atoms with van der Waals surface area (Å²) in [6, 6.07) is 58.6. The van der Waals surface area contributed by atoms with Gasteiger partial charge in [0, 0.05) is 12.0 Å². The number of aryl methyl sites for hydroxylation is 1. The number of hydrogen-bond donors (Lipinski definition) is 0. The quantitative estimate of drug-likeness (QED) is 0.172. The van der Waals surface area contributed by atoms with Crippen molar-refractivity contribution in [2.24, 2.45) is 0 Å². The van der Waals surface area contributed by atoms with Gasteiger partial charge in [0.25, 0.3) is 0 Å². The topological polar surface area (TPSA) is 30.7 Å². The average molecular weight is 628 g/mol. The molecule has 0 spiro atoms. The van der Waals surface area contributed by atoms with Crippen molar-refractivity contribution >= 4 is 32.6 Å². The lowest BCUT2D eigenvalue weighted by Crippen LogP contribution is -2.01. The van der Waals surface area contributed by atoms with Crippen LogP contribution in [0.5, 0.6) is 0 Å². The van der Waals surface area contributed by atoms with Crippen molar-refractivity contribution in [3.63, 3.8) is 0 Å². The van der Waals surface area contributed by atoms with Crippen LogP contribution in [0.1, 0.15) is 12.7 Å². The lowest BCUT2D eigenvalue weighted by molar-refractivity contribution is 0.904. The lowest BCUT2D eigenvalue weighted by Gasteiger charge is -2.19. The second-order valence-electron chi connectivity index (χ2n) is 12.5. The Balaban J connectivity index is 1.27. The van der Waals surface area contributed by atoms with Gasteiger partial charge in [-0.25, -0.2) is 4.98 Å². The number of nitrogens with zero attached hydrogens (tertiary/aromatic N) is 3. The molecule has 0 unspecified atom stereocenters. The molecule has 7 aromatic carbocycles. The SMILES string of the molecule is CCc1nc2ccccc2n1-c1ccc(-c2c3ccccc3c(-c3ccc(-c4ccccc4)cc3)c3cc(-c4ccccc4)ccc23)nc1. The second-order valence-corrected chi connectivity index (χ2v) is 12.5. The summed E-state index contributed by atoms with van der Waals surface area (Å²) < 4.78 is 2.23. The van der Waals surface area contributed by atoms with Crippen molar-refractivity contribution < 1.29 is 0 Å². The highest BCUT2D eigenvalue weighted by Crippen LogP contribution is 2.44. The fraction of sp³-hybridized carbons (Fsp3) is 0.0435. The number of imidazole rings is 1. The van der Waals surface area contributed by atoms with Crippen LogP contribution < -0.4 is 0 Å². The predicted octanol–water partition coefficient (Wildman–Crippen LogP) is 12.0. The Bertz CT molecular complexity index is 2600. The smallest absolute Gasteiger partial charge is 0.114 e. The Morgan fingerprint density at radius 1 is 0.469 bits per heavy atom. The summed E-state index contributed by atoms with van der Waals surface area (Å²) in [4.78, 5) is 10.1. The molecule has 0 fully saturated rings. The van der Waals surface area contributed by atoms with Gasteiger partial charge in [-0.05, 0) is 85.3 Å². The number of fused-ring (bicyclic) bond motifs is 3. The Morgan fingerprint density at radius 3 is 1.73 bits per heavy atom. The first-order valence-corrected chi connectivity index (χ1v) is 16.9. The van der Waals surface area contributed by atoms with Gasteiger partial charge in [0.1, 0.15) is 5.82 Å². The molecular formula is C46H33N3. The van der Waals surface area contributed by atoms with E-state index in [2.05, 4.69) is 169 Å². The normalized spacial score (nSPS) is 11.4. The minimum atomic E-state index is 0.837. The molecule has 0 saturated heterocycles. The van der Waals surface area contributed by atoms with E-state index in [9.17, 15) is 0 Å². The van der Waals surface area contributed by atoms with Crippen LogP contribution in [0.25, 0.3) is 82.9 Å². The molecule has 3 nitrogen and oxygen atoms in total. The first-order valence-electron chi connectivity index (χ1n) is 16.9. The average Bonchev–Trinajstić information content (AvgIpc) is 3.56. The number of para-hydroxylation sites is 2. The van der Waals surface area contributed by atoms with Crippen molar-refractivity contribution in [3.05, 3.63) is 176 Å². The van der Waals surface area contributed by atoms with Gasteiger partial charge in [0.2, 0.25) is 0 Å². The van der Waals surface area contributed by atoms with Crippen LogP contribution in [0.15, 0.2) is 170 Å². The maximum atomic E-state index is 5.17. The minimum absolute atomic E-state index is 0.837. The largest absolute Gasteiger partial charge is 0.295 e. The molecule has 0 aliphatic carbocycles. The van der Waals surface area contributed by atoms with Crippen LogP contribution >= 0.6 is 0 Å². The van der Waals surface area contributed by atoms with Gasteiger partial charge in [0.05, 0.1) is 28.6 Å². The van der Waals surface area contributed by atoms with Crippen LogP contribution in [0.3, 0.4) is 0 Å². The number of pyridine rings is 1. The van der Waals surface area contributed by atoms with Crippen LogP contribution in [0.2, 0.25) is 0 Å². The van der Waals surface area contributed by atoms with Crippen molar-refractivity contribution in [3.8, 4) is 50.3 Å². The molecule has 2 heterocycles. The van der Waals surface area contributed by atoms with Crippen molar-refractivity contribution in [2.45, 2.75) is 13.3 Å².